The van der Waals surface area contributed by atoms with Gasteiger partial charge in [0, 0.05) is 0 Å². The summed E-state index contributed by atoms with van der Waals surface area (Å²) in [5, 5.41) is 11.2. The number of hydrogen-bond donors (Lipinski definition) is 0. The summed E-state index contributed by atoms with van der Waals surface area (Å²) in [6.45, 7) is 0.403. The van der Waals surface area contributed by atoms with Crippen LogP contribution in [0.4, 0.5) is 5.69 Å². The number of benzene rings is 3. The number of carbonyl (C=O) groups excluding carboxylic acids is 2. The van der Waals surface area contributed by atoms with Crippen molar-refractivity contribution in [1.29, 1.82) is 0 Å². The van der Waals surface area contributed by atoms with E-state index in [1.165, 1.54) is 17.0 Å². The summed E-state index contributed by atoms with van der Waals surface area (Å²) < 4.78 is 11.7. The van der Waals surface area contributed by atoms with E-state index in [1.54, 1.807) is 37.5 Å². The van der Waals surface area contributed by atoms with Crippen molar-refractivity contribution < 1.29 is 24.2 Å². The lowest BCUT2D eigenvalue weighted by Crippen LogP contribution is -2.28. The maximum absolute atomic E-state index is 13.0. The minimum absolute atomic E-state index is 0.0265. The molecule has 0 atom stereocenters. The maximum atomic E-state index is 13.0. The standard InChI is InChI=1S/C25H19NO5S2/c1-30-21-12-17(10-11-20(21)31-15-16-6-3-2-4-7-16)13-22-23(27)26(25(32)33-22)19-9-5-8-18(14-19)24(28)29/h2-14H,15H2,1H3,(H,28,29)/p-1/b22-13-. The highest BCUT2D eigenvalue weighted by Crippen LogP contribution is 2.37. The molecule has 0 bridgehead atoms. The average molecular weight is 477 g/mol. The molecule has 1 heterocycles. The van der Waals surface area contributed by atoms with E-state index in [0.717, 1.165) is 22.9 Å². The first-order chi connectivity index (χ1) is 16.0. The second kappa shape index (κ2) is 9.89. The Morgan fingerprint density at radius 3 is 2.58 bits per heavy atom. The third-order valence-corrected chi connectivity index (χ3v) is 6.16. The number of hydrogen-bond acceptors (Lipinski definition) is 7. The van der Waals surface area contributed by atoms with Crippen molar-refractivity contribution in [3.05, 3.63) is 94.4 Å². The smallest absolute Gasteiger partial charge is 0.270 e. The fourth-order valence-corrected chi connectivity index (χ4v) is 4.54. The zero-order valence-corrected chi connectivity index (χ0v) is 19.2. The maximum Gasteiger partial charge on any atom is 0.270 e. The predicted octanol–water partition coefficient (Wildman–Crippen LogP) is 4.04. The number of carbonyl (C=O) groups is 2. The molecule has 1 aliphatic heterocycles. The van der Waals surface area contributed by atoms with Crippen LogP contribution in [0.3, 0.4) is 0 Å². The summed E-state index contributed by atoms with van der Waals surface area (Å²) in [4.78, 5) is 25.9. The number of rotatable bonds is 7. The number of aromatic carboxylic acids is 1. The third-order valence-electron chi connectivity index (χ3n) is 4.86. The van der Waals surface area contributed by atoms with E-state index < -0.39 is 5.97 Å². The summed E-state index contributed by atoms with van der Waals surface area (Å²) in [5.41, 5.74) is 2.13. The predicted molar refractivity (Wildman–Crippen MR) is 130 cm³/mol. The molecule has 1 fully saturated rings. The van der Waals surface area contributed by atoms with E-state index in [9.17, 15) is 14.7 Å². The van der Waals surface area contributed by atoms with Gasteiger partial charge in [0.1, 0.15) is 6.61 Å². The molecule has 0 N–H and O–H groups in total. The van der Waals surface area contributed by atoms with Gasteiger partial charge in [0.2, 0.25) is 0 Å². The van der Waals surface area contributed by atoms with Crippen LogP contribution < -0.4 is 19.5 Å². The Morgan fingerprint density at radius 1 is 1.06 bits per heavy atom. The molecule has 33 heavy (non-hydrogen) atoms. The first kappa shape index (κ1) is 22.6. The van der Waals surface area contributed by atoms with Crippen LogP contribution >= 0.6 is 24.0 Å². The molecule has 0 aliphatic carbocycles. The molecule has 6 nitrogen and oxygen atoms in total. The van der Waals surface area contributed by atoms with Crippen molar-refractivity contribution in [2.24, 2.45) is 0 Å². The first-order valence-electron chi connectivity index (χ1n) is 9.90. The third kappa shape index (κ3) is 5.08. The monoisotopic (exact) mass is 476 g/mol. The van der Waals surface area contributed by atoms with Crippen LogP contribution in [0.5, 0.6) is 11.5 Å². The Balaban J connectivity index is 1.55. The number of ether oxygens (including phenoxy) is 2. The molecular weight excluding hydrogens is 458 g/mol. The topological polar surface area (TPSA) is 78.9 Å². The summed E-state index contributed by atoms with van der Waals surface area (Å²) in [7, 11) is 1.55. The zero-order valence-electron chi connectivity index (χ0n) is 17.5. The van der Waals surface area contributed by atoms with E-state index in [1.807, 2.05) is 36.4 Å². The fraction of sp³-hybridized carbons (Fsp3) is 0.0800. The van der Waals surface area contributed by atoms with Crippen molar-refractivity contribution in [3.8, 4) is 11.5 Å². The number of nitrogens with zero attached hydrogens (tertiary/aromatic N) is 1. The Hall–Kier alpha value is -3.62. The molecule has 3 aromatic carbocycles. The molecule has 0 spiro atoms. The lowest BCUT2D eigenvalue weighted by molar-refractivity contribution is -0.255. The van der Waals surface area contributed by atoms with Gasteiger partial charge in [0.15, 0.2) is 15.8 Å². The van der Waals surface area contributed by atoms with E-state index >= 15 is 0 Å². The molecule has 1 saturated heterocycles. The highest BCUT2D eigenvalue weighted by atomic mass is 32.2. The number of anilines is 1. The van der Waals surface area contributed by atoms with Crippen molar-refractivity contribution in [2.75, 3.05) is 12.0 Å². The normalized spacial score (nSPS) is 14.6. The van der Waals surface area contributed by atoms with Gasteiger partial charge in [-0.3, -0.25) is 9.69 Å². The number of methoxy groups -OCH3 is 1. The second-order valence-electron chi connectivity index (χ2n) is 7.04. The lowest BCUT2D eigenvalue weighted by atomic mass is 10.1. The molecule has 0 aromatic heterocycles. The van der Waals surface area contributed by atoms with Crippen LogP contribution in [0.25, 0.3) is 6.08 Å². The van der Waals surface area contributed by atoms with Gasteiger partial charge >= 0.3 is 0 Å². The van der Waals surface area contributed by atoms with Gasteiger partial charge in [-0.05, 0) is 47.0 Å². The summed E-state index contributed by atoms with van der Waals surface area (Å²) in [5.74, 6) is -0.523. The minimum Gasteiger partial charge on any atom is -0.545 e. The number of carboxylic acid groups (broad SMARTS) is 1. The Bertz CT molecular complexity index is 1260. The Morgan fingerprint density at radius 2 is 1.85 bits per heavy atom. The van der Waals surface area contributed by atoms with Gasteiger partial charge in [-0.25, -0.2) is 0 Å². The Kier molecular flexibility index (Phi) is 6.76. The van der Waals surface area contributed by atoms with E-state index in [-0.39, 0.29) is 11.5 Å². The number of thioether (sulfide) groups is 1. The number of carboxylic acids is 1. The van der Waals surface area contributed by atoms with Gasteiger partial charge in [-0.1, -0.05) is 72.5 Å². The van der Waals surface area contributed by atoms with Gasteiger partial charge in [-0.2, -0.15) is 0 Å². The summed E-state index contributed by atoms with van der Waals surface area (Å²) >= 11 is 6.52. The van der Waals surface area contributed by atoms with Crippen LogP contribution in [-0.2, 0) is 11.4 Å². The molecule has 1 amide bonds. The second-order valence-corrected chi connectivity index (χ2v) is 8.72. The van der Waals surface area contributed by atoms with Gasteiger partial charge < -0.3 is 19.4 Å². The van der Waals surface area contributed by atoms with Gasteiger partial charge in [-0.15, -0.1) is 0 Å². The Labute approximate surface area is 200 Å². The first-order valence-corrected chi connectivity index (χ1v) is 11.1. The SMILES string of the molecule is COc1cc(/C=C2\SC(=S)N(c3cccc(C(=O)[O-])c3)C2=O)ccc1OCc1ccccc1. The van der Waals surface area contributed by atoms with E-state index in [4.69, 9.17) is 21.7 Å². The van der Waals surface area contributed by atoms with Crippen LogP contribution in [-0.4, -0.2) is 23.3 Å². The molecule has 3 aromatic rings. The molecular formula is C25H18NO5S2-. The number of thiocarbonyl (C=S) groups is 1. The molecule has 166 valence electrons. The van der Waals surface area contributed by atoms with Crippen molar-refractivity contribution >= 4 is 51.9 Å². The fourth-order valence-electron chi connectivity index (χ4n) is 3.24. The largest absolute Gasteiger partial charge is 0.545 e. The van der Waals surface area contributed by atoms with Crippen LogP contribution in [0.2, 0.25) is 0 Å². The van der Waals surface area contributed by atoms with Crippen molar-refractivity contribution in [3.63, 3.8) is 0 Å². The zero-order chi connectivity index (χ0) is 23.4. The van der Waals surface area contributed by atoms with E-state index in [0.29, 0.717) is 33.0 Å². The van der Waals surface area contributed by atoms with E-state index in [2.05, 4.69) is 0 Å². The molecule has 0 radical (unpaired) electrons. The highest BCUT2D eigenvalue weighted by Gasteiger charge is 2.33. The summed E-state index contributed by atoms with van der Waals surface area (Å²) in [6.07, 6.45) is 1.71. The van der Waals surface area contributed by atoms with Crippen LogP contribution in [0, 0.1) is 0 Å². The molecule has 1 aliphatic rings. The molecule has 8 heteroatoms. The quantitative estimate of drug-likeness (QED) is 0.376. The molecule has 0 unspecified atom stereocenters. The summed E-state index contributed by atoms with van der Waals surface area (Å²) in [6, 6.07) is 21.1. The van der Waals surface area contributed by atoms with Crippen molar-refractivity contribution in [2.45, 2.75) is 6.61 Å². The van der Waals surface area contributed by atoms with Crippen LogP contribution in [0.15, 0.2) is 77.7 Å². The van der Waals surface area contributed by atoms with Gasteiger partial charge in [0.05, 0.1) is 23.7 Å². The lowest BCUT2D eigenvalue weighted by Gasteiger charge is -2.16. The van der Waals surface area contributed by atoms with Crippen molar-refractivity contribution in [1.82, 2.24) is 0 Å². The highest BCUT2D eigenvalue weighted by molar-refractivity contribution is 8.27. The molecule has 4 rings (SSSR count). The average Bonchev–Trinajstić information content (AvgIpc) is 3.11. The van der Waals surface area contributed by atoms with Gasteiger partial charge in [0.25, 0.3) is 5.91 Å². The minimum atomic E-state index is -1.32. The van der Waals surface area contributed by atoms with Crippen LogP contribution in [0.1, 0.15) is 21.5 Å². The molecule has 0 saturated carbocycles. The number of amides is 1.